The molecule has 0 aliphatic heterocycles. The first-order chi connectivity index (χ1) is 16.3. The minimum Gasteiger partial charge on any atom is -0.461 e. The van der Waals surface area contributed by atoms with Crippen LogP contribution in [0.25, 0.3) is 0 Å². The molecule has 0 spiro atoms. The Hall–Kier alpha value is -1.63. The number of carbonyl (C=O) groups excluding carboxylic acids is 2. The lowest BCUT2D eigenvalue weighted by Gasteiger charge is -2.70. The fourth-order valence-electron chi connectivity index (χ4n) is 10.8. The van der Waals surface area contributed by atoms with Crippen LogP contribution >= 0.6 is 0 Å². The monoisotopic (exact) mass is 479 g/mol. The second-order valence-electron chi connectivity index (χ2n) is 14.3. The minimum absolute atomic E-state index is 0.0190. The Morgan fingerprint density at radius 3 is 2.40 bits per heavy atom. The molecule has 192 valence electrons. The fraction of sp³-hybridized carbons (Fsp3) is 0.839. The van der Waals surface area contributed by atoms with E-state index in [2.05, 4.69) is 46.8 Å². The van der Waals surface area contributed by atoms with Crippen LogP contribution in [-0.4, -0.2) is 17.9 Å². The molecule has 0 amide bonds. The van der Waals surface area contributed by atoms with E-state index in [9.17, 15) is 14.9 Å². The maximum Gasteiger partial charge on any atom is 0.302 e. The van der Waals surface area contributed by atoms with Crippen LogP contribution in [-0.2, 0) is 14.3 Å². The van der Waals surface area contributed by atoms with Crippen molar-refractivity contribution in [3.63, 3.8) is 0 Å². The van der Waals surface area contributed by atoms with Gasteiger partial charge in [-0.3, -0.25) is 9.59 Å². The summed E-state index contributed by atoms with van der Waals surface area (Å²) in [7, 11) is 0. The maximum atomic E-state index is 14.3. The Bertz CT molecular complexity index is 1020. The van der Waals surface area contributed by atoms with E-state index in [0.29, 0.717) is 29.5 Å². The number of allylic oxidation sites excluding steroid dienone is 2. The van der Waals surface area contributed by atoms with E-state index in [-0.39, 0.29) is 34.1 Å². The highest BCUT2D eigenvalue weighted by atomic mass is 16.5. The summed E-state index contributed by atoms with van der Waals surface area (Å²) in [5.74, 6) is 1.08. The predicted molar refractivity (Wildman–Crippen MR) is 136 cm³/mol. The van der Waals surface area contributed by atoms with Crippen LogP contribution in [0.1, 0.15) is 106 Å². The molecule has 0 heterocycles. The van der Waals surface area contributed by atoms with E-state index < -0.39 is 11.5 Å². The van der Waals surface area contributed by atoms with Crippen molar-refractivity contribution in [2.24, 2.45) is 50.7 Å². The van der Waals surface area contributed by atoms with Gasteiger partial charge in [0.2, 0.25) is 0 Å². The molecule has 4 nitrogen and oxygen atoms in total. The van der Waals surface area contributed by atoms with Gasteiger partial charge in [0.1, 0.15) is 6.10 Å². The number of fused-ring (bicyclic) bond motifs is 7. The maximum absolute atomic E-state index is 14.3. The van der Waals surface area contributed by atoms with Crippen molar-refractivity contribution in [1.29, 1.82) is 5.26 Å². The number of rotatable bonds is 1. The van der Waals surface area contributed by atoms with Crippen molar-refractivity contribution in [3.8, 4) is 6.07 Å². The van der Waals surface area contributed by atoms with Crippen molar-refractivity contribution in [2.45, 2.75) is 112 Å². The van der Waals surface area contributed by atoms with Crippen molar-refractivity contribution in [1.82, 2.24) is 0 Å². The average Bonchev–Trinajstić information content (AvgIpc) is 2.77. The number of carbonyl (C=O) groups is 2. The van der Waals surface area contributed by atoms with Crippen LogP contribution < -0.4 is 0 Å². The molecule has 0 N–H and O–H groups in total. The summed E-state index contributed by atoms with van der Waals surface area (Å²) in [6, 6.07) is 2.59. The zero-order valence-corrected chi connectivity index (χ0v) is 23.0. The normalized spacial score (nSPS) is 53.1. The second-order valence-corrected chi connectivity index (χ2v) is 14.3. The first-order valence-corrected chi connectivity index (χ1v) is 14.1. The Morgan fingerprint density at radius 2 is 1.74 bits per heavy atom. The molecule has 0 radical (unpaired) electrons. The van der Waals surface area contributed by atoms with Crippen LogP contribution in [0.5, 0.6) is 0 Å². The van der Waals surface area contributed by atoms with Gasteiger partial charge in [-0.2, -0.15) is 5.26 Å². The molecular formula is C31H45NO3. The Labute approximate surface area is 212 Å². The molecule has 35 heavy (non-hydrogen) atoms. The number of esters is 1. The molecule has 5 aliphatic carbocycles. The summed E-state index contributed by atoms with van der Waals surface area (Å²) in [4.78, 5) is 26.2. The minimum atomic E-state index is -0.770. The van der Waals surface area contributed by atoms with Crippen LogP contribution in [0.2, 0.25) is 0 Å². The van der Waals surface area contributed by atoms with Gasteiger partial charge in [-0.1, -0.05) is 53.0 Å². The van der Waals surface area contributed by atoms with Crippen LogP contribution in [0.3, 0.4) is 0 Å². The molecule has 4 saturated carbocycles. The standard InChI is InChI=1S/C31H45NO3/c1-19-9-8-12-27(3)15-16-30(6)21(25(19)27)17-22(34)26-28(4)13-11-24(35-20(2)33)29(5,18-32)23(28)10-14-31(26,30)7/h17,19,23-26H,8-16H2,1-7H3/t19-,23?,24+,25?,26?,27+,28-,29+,30+,31+/m0/s1. The fourth-order valence-corrected chi connectivity index (χ4v) is 10.8. The molecule has 5 rings (SSSR count). The Morgan fingerprint density at radius 1 is 1.03 bits per heavy atom. The molecule has 3 unspecified atom stereocenters. The summed E-state index contributed by atoms with van der Waals surface area (Å²) >= 11 is 0. The number of hydrogen-bond acceptors (Lipinski definition) is 4. The summed E-state index contributed by atoms with van der Waals surface area (Å²) < 4.78 is 5.71. The van der Waals surface area contributed by atoms with Gasteiger partial charge in [-0.25, -0.2) is 0 Å². The van der Waals surface area contributed by atoms with Crippen LogP contribution in [0, 0.1) is 62.1 Å². The summed E-state index contributed by atoms with van der Waals surface area (Å²) in [5, 5.41) is 10.4. The third kappa shape index (κ3) is 3.09. The molecule has 4 fully saturated rings. The first-order valence-electron chi connectivity index (χ1n) is 14.1. The van der Waals surface area contributed by atoms with Gasteiger partial charge in [0.05, 0.1) is 11.5 Å². The molecular weight excluding hydrogens is 434 g/mol. The van der Waals surface area contributed by atoms with Crippen molar-refractivity contribution in [3.05, 3.63) is 11.6 Å². The van der Waals surface area contributed by atoms with Crippen molar-refractivity contribution < 1.29 is 14.3 Å². The molecule has 0 aromatic carbocycles. The molecule has 0 saturated heterocycles. The summed E-state index contributed by atoms with van der Waals surface area (Å²) in [5.41, 5.74) is 0.646. The van der Waals surface area contributed by atoms with Crippen molar-refractivity contribution in [2.75, 3.05) is 0 Å². The molecule has 0 aromatic heterocycles. The van der Waals surface area contributed by atoms with Gasteiger partial charge in [-0.05, 0) is 97.4 Å². The highest BCUT2D eigenvalue weighted by Crippen LogP contribution is 2.75. The number of nitriles is 1. The zero-order chi connectivity index (χ0) is 25.6. The molecule has 10 atom stereocenters. The van der Waals surface area contributed by atoms with Crippen molar-refractivity contribution >= 4 is 11.8 Å². The first kappa shape index (κ1) is 25.0. The lowest BCUT2D eigenvalue weighted by atomic mass is 9.33. The lowest BCUT2D eigenvalue weighted by molar-refractivity contribution is -0.203. The predicted octanol–water partition coefficient (Wildman–Crippen LogP) is 7.03. The zero-order valence-electron chi connectivity index (χ0n) is 23.0. The highest BCUT2D eigenvalue weighted by molar-refractivity contribution is 5.95. The quantitative estimate of drug-likeness (QED) is 0.379. The van der Waals surface area contributed by atoms with Gasteiger partial charge in [0.25, 0.3) is 0 Å². The van der Waals surface area contributed by atoms with Gasteiger partial charge in [0.15, 0.2) is 5.78 Å². The van der Waals surface area contributed by atoms with Crippen LogP contribution in [0.15, 0.2) is 11.6 Å². The van der Waals surface area contributed by atoms with E-state index in [1.807, 2.05) is 6.92 Å². The van der Waals surface area contributed by atoms with E-state index in [0.717, 1.165) is 25.7 Å². The van der Waals surface area contributed by atoms with Gasteiger partial charge < -0.3 is 4.74 Å². The molecule has 5 aliphatic rings. The number of ketones is 1. The van der Waals surface area contributed by atoms with E-state index in [4.69, 9.17) is 4.74 Å². The largest absolute Gasteiger partial charge is 0.461 e. The van der Waals surface area contributed by atoms with E-state index in [1.54, 1.807) is 0 Å². The second kappa shape index (κ2) is 7.69. The van der Waals surface area contributed by atoms with Gasteiger partial charge >= 0.3 is 5.97 Å². The average molecular weight is 480 g/mol. The third-order valence-corrected chi connectivity index (χ3v) is 12.7. The van der Waals surface area contributed by atoms with E-state index >= 15 is 0 Å². The summed E-state index contributed by atoms with van der Waals surface area (Å²) in [6.07, 6.45) is 11.3. The van der Waals surface area contributed by atoms with Gasteiger partial charge in [-0.15, -0.1) is 0 Å². The highest BCUT2D eigenvalue weighted by Gasteiger charge is 2.71. The molecule has 0 bridgehead atoms. The number of nitrogens with zero attached hydrogens (tertiary/aromatic N) is 1. The van der Waals surface area contributed by atoms with Gasteiger partial charge in [0, 0.05) is 12.8 Å². The van der Waals surface area contributed by atoms with Crippen LogP contribution in [0.4, 0.5) is 0 Å². The summed E-state index contributed by atoms with van der Waals surface area (Å²) in [6.45, 7) is 15.5. The number of hydrogen-bond donors (Lipinski definition) is 0. The third-order valence-electron chi connectivity index (χ3n) is 12.7. The lowest BCUT2D eigenvalue weighted by Crippen LogP contribution is -2.67. The molecule has 4 heteroatoms. The van der Waals surface area contributed by atoms with E-state index in [1.165, 1.54) is 38.2 Å². The Balaban J connectivity index is 1.61. The molecule has 0 aromatic rings. The SMILES string of the molecule is CC(=O)O[C@@H]1CC[C@@]2(C)C(CC[C@]3(C)C2C(=O)C=C2C4[C@@H](C)CCC[C@]4(C)CC[C@]23C)[C@@]1(C)C#N. The topological polar surface area (TPSA) is 67.2 Å². The smallest absolute Gasteiger partial charge is 0.302 e. The number of ether oxygens (including phenoxy) is 1. The Kier molecular flexibility index (Phi) is 5.50.